The predicted octanol–water partition coefficient (Wildman–Crippen LogP) is 4.73. The standard InChI is InChI=1S/C19H18BrN3O4S/c1-10(2)27-16-7-12(20)4-5-13(16)17(24)23-19-22-15(9-28-19)11-6-14(21-8-11)18(25)26-3/h4-10,21H,1-3H3,(H,22,23,24). The molecule has 146 valence electrons. The number of carbonyl (C=O) groups is 2. The molecule has 9 heteroatoms. The number of halogens is 1. The molecule has 0 spiro atoms. The van der Waals surface area contributed by atoms with Crippen molar-refractivity contribution in [3.63, 3.8) is 0 Å². The lowest BCUT2D eigenvalue weighted by Gasteiger charge is -2.14. The van der Waals surface area contributed by atoms with Gasteiger partial charge in [-0.3, -0.25) is 10.1 Å². The van der Waals surface area contributed by atoms with Gasteiger partial charge in [-0.25, -0.2) is 9.78 Å². The maximum atomic E-state index is 12.7. The molecule has 2 N–H and O–H groups in total. The molecule has 0 aliphatic carbocycles. The minimum atomic E-state index is -0.456. The zero-order valence-electron chi connectivity index (χ0n) is 15.4. The lowest BCUT2D eigenvalue weighted by molar-refractivity contribution is 0.0594. The number of ether oxygens (including phenoxy) is 2. The van der Waals surface area contributed by atoms with Gasteiger partial charge in [0.25, 0.3) is 5.91 Å². The van der Waals surface area contributed by atoms with Crippen molar-refractivity contribution in [1.29, 1.82) is 0 Å². The van der Waals surface area contributed by atoms with Gasteiger partial charge in [0.05, 0.1) is 24.5 Å². The van der Waals surface area contributed by atoms with Crippen LogP contribution in [0, 0.1) is 0 Å². The van der Waals surface area contributed by atoms with Crippen molar-refractivity contribution in [2.75, 3.05) is 12.4 Å². The Labute approximate surface area is 174 Å². The Hall–Kier alpha value is -2.65. The molecule has 1 amide bonds. The summed E-state index contributed by atoms with van der Waals surface area (Å²) in [5.41, 5.74) is 2.12. The number of hydrogen-bond acceptors (Lipinski definition) is 6. The lowest BCUT2D eigenvalue weighted by Crippen LogP contribution is -2.15. The van der Waals surface area contributed by atoms with Crippen LogP contribution in [0.15, 0.2) is 40.3 Å². The molecule has 3 aromatic rings. The van der Waals surface area contributed by atoms with E-state index in [1.807, 2.05) is 13.8 Å². The number of anilines is 1. The summed E-state index contributed by atoms with van der Waals surface area (Å²) in [6, 6.07) is 6.89. The zero-order chi connectivity index (χ0) is 20.3. The Bertz CT molecular complexity index is 1010. The molecule has 0 fully saturated rings. The van der Waals surface area contributed by atoms with Crippen molar-refractivity contribution < 1.29 is 19.1 Å². The number of H-pyrrole nitrogens is 1. The predicted molar refractivity (Wildman–Crippen MR) is 111 cm³/mol. The Balaban J connectivity index is 1.78. The van der Waals surface area contributed by atoms with E-state index in [0.29, 0.717) is 27.8 Å². The Kier molecular flexibility index (Phi) is 6.15. The topological polar surface area (TPSA) is 93.3 Å². The maximum absolute atomic E-state index is 12.7. The van der Waals surface area contributed by atoms with Gasteiger partial charge in [-0.1, -0.05) is 15.9 Å². The molecular weight excluding hydrogens is 446 g/mol. The van der Waals surface area contributed by atoms with Crippen LogP contribution in [0.5, 0.6) is 5.75 Å². The summed E-state index contributed by atoms with van der Waals surface area (Å²) in [4.78, 5) is 31.5. The van der Waals surface area contributed by atoms with Gasteiger partial charge >= 0.3 is 5.97 Å². The zero-order valence-corrected chi connectivity index (χ0v) is 17.8. The summed E-state index contributed by atoms with van der Waals surface area (Å²) in [6.45, 7) is 3.80. The van der Waals surface area contributed by atoms with E-state index in [0.717, 1.165) is 10.0 Å². The van der Waals surface area contributed by atoms with E-state index >= 15 is 0 Å². The molecule has 28 heavy (non-hydrogen) atoms. The van der Waals surface area contributed by atoms with Gasteiger partial charge < -0.3 is 14.5 Å². The number of hydrogen-bond donors (Lipinski definition) is 2. The lowest BCUT2D eigenvalue weighted by atomic mass is 10.2. The minimum Gasteiger partial charge on any atom is -0.490 e. The number of carbonyl (C=O) groups excluding carboxylic acids is 2. The molecule has 3 rings (SSSR count). The van der Waals surface area contributed by atoms with Crippen LogP contribution in [0.1, 0.15) is 34.7 Å². The largest absolute Gasteiger partial charge is 0.490 e. The first-order valence-corrected chi connectivity index (χ1v) is 10.0. The highest BCUT2D eigenvalue weighted by molar-refractivity contribution is 9.10. The second-order valence-corrected chi connectivity index (χ2v) is 7.87. The smallest absolute Gasteiger partial charge is 0.354 e. The quantitative estimate of drug-likeness (QED) is 0.515. The van der Waals surface area contributed by atoms with Gasteiger partial charge in [0, 0.05) is 21.6 Å². The molecule has 0 aliphatic heterocycles. The van der Waals surface area contributed by atoms with Crippen molar-refractivity contribution in [3.8, 4) is 17.0 Å². The molecular formula is C19H18BrN3O4S. The van der Waals surface area contributed by atoms with Gasteiger partial charge in [0.2, 0.25) is 0 Å². The van der Waals surface area contributed by atoms with E-state index in [2.05, 4.69) is 36.0 Å². The monoisotopic (exact) mass is 463 g/mol. The molecule has 0 saturated heterocycles. The number of amides is 1. The number of thiazole rings is 1. The van der Waals surface area contributed by atoms with E-state index in [-0.39, 0.29) is 12.0 Å². The average Bonchev–Trinajstić information content (AvgIpc) is 3.29. The van der Waals surface area contributed by atoms with Crippen LogP contribution in [0.2, 0.25) is 0 Å². The van der Waals surface area contributed by atoms with E-state index in [9.17, 15) is 9.59 Å². The third-order valence-electron chi connectivity index (χ3n) is 3.66. The van der Waals surface area contributed by atoms with Crippen molar-refractivity contribution in [2.24, 2.45) is 0 Å². The summed E-state index contributed by atoms with van der Waals surface area (Å²) >= 11 is 4.68. The number of nitrogens with one attached hydrogen (secondary N) is 2. The first-order valence-electron chi connectivity index (χ1n) is 8.37. The van der Waals surface area contributed by atoms with Gasteiger partial charge in [-0.05, 0) is 38.1 Å². The second-order valence-electron chi connectivity index (χ2n) is 6.09. The van der Waals surface area contributed by atoms with Crippen LogP contribution >= 0.6 is 27.3 Å². The molecule has 2 heterocycles. The fourth-order valence-corrected chi connectivity index (χ4v) is 3.49. The Morgan fingerprint density at radius 2 is 2.07 bits per heavy atom. The molecule has 0 saturated carbocycles. The van der Waals surface area contributed by atoms with E-state index in [1.54, 1.807) is 35.8 Å². The number of rotatable bonds is 6. The fraction of sp³-hybridized carbons (Fsp3) is 0.211. The molecule has 0 aliphatic rings. The van der Waals surface area contributed by atoms with Gasteiger partial charge in [-0.2, -0.15) is 0 Å². The van der Waals surface area contributed by atoms with Crippen molar-refractivity contribution in [1.82, 2.24) is 9.97 Å². The third-order valence-corrected chi connectivity index (χ3v) is 4.91. The number of methoxy groups -OCH3 is 1. The summed E-state index contributed by atoms with van der Waals surface area (Å²) < 4.78 is 11.2. The van der Waals surface area contributed by atoms with Crippen molar-refractivity contribution in [3.05, 3.63) is 51.6 Å². The average molecular weight is 464 g/mol. The molecule has 2 aromatic heterocycles. The first kappa shape index (κ1) is 20.1. The van der Waals surface area contributed by atoms with E-state index < -0.39 is 5.97 Å². The number of aromatic amines is 1. The normalized spacial score (nSPS) is 10.8. The molecule has 0 bridgehead atoms. The molecule has 0 unspecified atom stereocenters. The number of nitrogens with zero attached hydrogens (tertiary/aromatic N) is 1. The Morgan fingerprint density at radius 3 is 2.79 bits per heavy atom. The van der Waals surface area contributed by atoms with Crippen LogP contribution in [0.25, 0.3) is 11.3 Å². The summed E-state index contributed by atoms with van der Waals surface area (Å²) in [5.74, 6) is -0.275. The maximum Gasteiger partial charge on any atom is 0.354 e. The van der Waals surface area contributed by atoms with Crippen LogP contribution < -0.4 is 10.1 Å². The summed E-state index contributed by atoms with van der Waals surface area (Å²) in [7, 11) is 1.32. The molecule has 7 nitrogen and oxygen atoms in total. The first-order chi connectivity index (χ1) is 13.4. The van der Waals surface area contributed by atoms with Crippen molar-refractivity contribution in [2.45, 2.75) is 20.0 Å². The molecule has 1 aromatic carbocycles. The second kappa shape index (κ2) is 8.57. The van der Waals surface area contributed by atoms with Gasteiger partial charge in [-0.15, -0.1) is 11.3 Å². The van der Waals surface area contributed by atoms with Crippen molar-refractivity contribution >= 4 is 44.3 Å². The van der Waals surface area contributed by atoms with Crippen LogP contribution in [0.3, 0.4) is 0 Å². The molecule has 0 radical (unpaired) electrons. The van der Waals surface area contributed by atoms with Gasteiger partial charge in [0.1, 0.15) is 11.4 Å². The summed E-state index contributed by atoms with van der Waals surface area (Å²) in [6.07, 6.45) is 1.60. The highest BCUT2D eigenvalue weighted by Crippen LogP contribution is 2.28. The number of esters is 1. The number of aromatic nitrogens is 2. The third kappa shape index (κ3) is 4.60. The van der Waals surface area contributed by atoms with Crippen LogP contribution in [0.4, 0.5) is 5.13 Å². The summed E-state index contributed by atoms with van der Waals surface area (Å²) in [5, 5.41) is 5.04. The van der Waals surface area contributed by atoms with Gasteiger partial charge in [0.15, 0.2) is 5.13 Å². The highest BCUT2D eigenvalue weighted by Gasteiger charge is 2.17. The van der Waals surface area contributed by atoms with E-state index in [4.69, 9.17) is 4.74 Å². The minimum absolute atomic E-state index is 0.0649. The Morgan fingerprint density at radius 1 is 1.29 bits per heavy atom. The number of benzene rings is 1. The van der Waals surface area contributed by atoms with Crippen LogP contribution in [-0.4, -0.2) is 35.1 Å². The highest BCUT2D eigenvalue weighted by atomic mass is 79.9. The fourth-order valence-electron chi connectivity index (χ4n) is 2.43. The van der Waals surface area contributed by atoms with Crippen LogP contribution in [-0.2, 0) is 4.74 Å². The molecule has 0 atom stereocenters. The SMILES string of the molecule is COC(=O)c1cc(-c2csc(NC(=O)c3ccc(Br)cc3OC(C)C)n2)c[nH]1. The van der Waals surface area contributed by atoms with E-state index in [1.165, 1.54) is 18.4 Å².